The van der Waals surface area contributed by atoms with Crippen molar-refractivity contribution in [3.05, 3.63) is 47.3 Å². The topological polar surface area (TPSA) is 89.4 Å². The largest absolute Gasteiger partial charge is 0.505 e. The molecule has 3 N–H and O–H groups in total. The summed E-state index contributed by atoms with van der Waals surface area (Å²) in [6.07, 6.45) is 0. The smallest absolute Gasteiger partial charge is 0.248 e. The quantitative estimate of drug-likeness (QED) is 0.758. The molecular formula is C15H11FN2O3. The first-order chi connectivity index (χ1) is 9.95. The summed E-state index contributed by atoms with van der Waals surface area (Å²) in [6, 6.07) is 7.40. The zero-order valence-electron chi connectivity index (χ0n) is 11.1. The lowest BCUT2D eigenvalue weighted by molar-refractivity contribution is 0.100. The second-order valence-corrected chi connectivity index (χ2v) is 4.69. The minimum Gasteiger partial charge on any atom is -0.505 e. The van der Waals surface area contributed by atoms with Crippen LogP contribution in [0.4, 0.5) is 4.39 Å². The van der Waals surface area contributed by atoms with E-state index in [4.69, 9.17) is 10.2 Å². The Morgan fingerprint density at radius 3 is 2.76 bits per heavy atom. The van der Waals surface area contributed by atoms with Gasteiger partial charge in [-0.25, -0.2) is 9.37 Å². The number of nitrogens with zero attached hydrogens (tertiary/aromatic N) is 1. The van der Waals surface area contributed by atoms with Gasteiger partial charge in [0, 0.05) is 11.1 Å². The molecule has 0 fully saturated rings. The third kappa shape index (κ3) is 2.20. The predicted octanol–water partition coefficient (Wildman–Crippen LogP) is 2.75. The highest BCUT2D eigenvalue weighted by molar-refractivity contribution is 5.96. The van der Waals surface area contributed by atoms with Gasteiger partial charge in [0.1, 0.15) is 5.52 Å². The molecule has 3 rings (SSSR count). The number of carbonyl (C=O) groups excluding carboxylic acids is 1. The average Bonchev–Trinajstić information content (AvgIpc) is 2.86. The van der Waals surface area contributed by atoms with Crippen molar-refractivity contribution in [3.8, 4) is 17.2 Å². The zero-order chi connectivity index (χ0) is 15.1. The number of phenolic OH excluding ortho intramolecular Hbond substituents is 1. The SMILES string of the molecule is Cc1cc(-c2nc3cc(C(N)=O)ccc3o2)cc(O)c1F. The van der Waals surface area contributed by atoms with Gasteiger partial charge in [-0.05, 0) is 42.8 Å². The van der Waals surface area contributed by atoms with E-state index in [1.54, 1.807) is 6.07 Å². The molecule has 0 aliphatic carbocycles. The maximum absolute atomic E-state index is 13.4. The Hall–Kier alpha value is -2.89. The van der Waals surface area contributed by atoms with Crippen LogP contribution in [0.25, 0.3) is 22.6 Å². The van der Waals surface area contributed by atoms with Crippen molar-refractivity contribution in [1.29, 1.82) is 0 Å². The first-order valence-corrected chi connectivity index (χ1v) is 6.15. The summed E-state index contributed by atoms with van der Waals surface area (Å²) in [4.78, 5) is 15.4. The molecule has 0 aliphatic heterocycles. The molecule has 0 bridgehead atoms. The van der Waals surface area contributed by atoms with Crippen molar-refractivity contribution in [2.45, 2.75) is 6.92 Å². The van der Waals surface area contributed by atoms with Gasteiger partial charge in [-0.3, -0.25) is 4.79 Å². The molecule has 0 saturated carbocycles. The Balaban J connectivity index is 2.15. The third-order valence-electron chi connectivity index (χ3n) is 3.15. The van der Waals surface area contributed by atoms with E-state index in [0.717, 1.165) is 0 Å². The number of phenols is 1. The van der Waals surface area contributed by atoms with E-state index in [-0.39, 0.29) is 11.5 Å². The van der Waals surface area contributed by atoms with Gasteiger partial charge in [0.05, 0.1) is 0 Å². The van der Waals surface area contributed by atoms with Gasteiger partial charge in [-0.1, -0.05) is 0 Å². The van der Waals surface area contributed by atoms with Gasteiger partial charge in [0.2, 0.25) is 11.8 Å². The number of aromatic hydroxyl groups is 1. The van der Waals surface area contributed by atoms with Crippen molar-refractivity contribution >= 4 is 17.0 Å². The highest BCUT2D eigenvalue weighted by Crippen LogP contribution is 2.30. The van der Waals surface area contributed by atoms with Gasteiger partial charge < -0.3 is 15.3 Å². The number of primary amides is 1. The molecule has 1 amide bonds. The molecule has 0 spiro atoms. The van der Waals surface area contributed by atoms with Gasteiger partial charge in [-0.2, -0.15) is 0 Å². The monoisotopic (exact) mass is 286 g/mol. The van der Waals surface area contributed by atoms with Gasteiger partial charge in [0.15, 0.2) is 17.1 Å². The van der Waals surface area contributed by atoms with Crippen LogP contribution in [0.3, 0.4) is 0 Å². The molecule has 6 heteroatoms. The molecular weight excluding hydrogens is 275 g/mol. The number of rotatable bonds is 2. The van der Waals surface area contributed by atoms with Crippen LogP contribution in [0.1, 0.15) is 15.9 Å². The van der Waals surface area contributed by atoms with Gasteiger partial charge >= 0.3 is 0 Å². The van der Waals surface area contributed by atoms with E-state index in [2.05, 4.69) is 4.98 Å². The second kappa shape index (κ2) is 4.59. The summed E-state index contributed by atoms with van der Waals surface area (Å²) in [5.41, 5.74) is 7.19. The molecule has 1 heterocycles. The van der Waals surface area contributed by atoms with E-state index in [0.29, 0.717) is 22.2 Å². The molecule has 0 unspecified atom stereocenters. The van der Waals surface area contributed by atoms with E-state index in [1.807, 2.05) is 0 Å². The maximum Gasteiger partial charge on any atom is 0.248 e. The number of oxazole rings is 1. The first-order valence-electron chi connectivity index (χ1n) is 6.15. The predicted molar refractivity (Wildman–Crippen MR) is 74.3 cm³/mol. The van der Waals surface area contributed by atoms with Crippen molar-refractivity contribution in [1.82, 2.24) is 4.98 Å². The van der Waals surface area contributed by atoms with Crippen LogP contribution in [0, 0.1) is 12.7 Å². The van der Waals surface area contributed by atoms with E-state index in [9.17, 15) is 14.3 Å². The highest BCUT2D eigenvalue weighted by atomic mass is 19.1. The van der Waals surface area contributed by atoms with Crippen molar-refractivity contribution in [2.24, 2.45) is 5.73 Å². The van der Waals surface area contributed by atoms with E-state index >= 15 is 0 Å². The van der Waals surface area contributed by atoms with Crippen LogP contribution in [-0.2, 0) is 0 Å². The van der Waals surface area contributed by atoms with Gasteiger partial charge in [-0.15, -0.1) is 0 Å². The molecule has 3 aromatic rings. The Labute approximate surface area is 118 Å². The molecule has 0 radical (unpaired) electrons. The summed E-state index contributed by atoms with van der Waals surface area (Å²) in [5.74, 6) is -1.47. The summed E-state index contributed by atoms with van der Waals surface area (Å²) >= 11 is 0. The molecule has 1 aromatic heterocycles. The Bertz CT molecular complexity index is 847. The fourth-order valence-corrected chi connectivity index (χ4v) is 2.08. The number of carbonyl (C=O) groups is 1. The fourth-order valence-electron chi connectivity index (χ4n) is 2.08. The molecule has 21 heavy (non-hydrogen) atoms. The van der Waals surface area contributed by atoms with Gasteiger partial charge in [0.25, 0.3) is 0 Å². The van der Waals surface area contributed by atoms with Crippen LogP contribution < -0.4 is 5.73 Å². The number of hydrogen-bond donors (Lipinski definition) is 2. The number of fused-ring (bicyclic) bond motifs is 1. The number of aryl methyl sites for hydroxylation is 1. The van der Waals surface area contributed by atoms with Crippen molar-refractivity contribution in [3.63, 3.8) is 0 Å². The van der Waals surface area contributed by atoms with Crippen LogP contribution in [-0.4, -0.2) is 16.0 Å². The lowest BCUT2D eigenvalue weighted by Gasteiger charge is -2.02. The normalized spacial score (nSPS) is 11.0. The summed E-state index contributed by atoms with van der Waals surface area (Å²) in [6.45, 7) is 1.53. The van der Waals surface area contributed by atoms with Crippen molar-refractivity contribution < 1.29 is 18.7 Å². The third-order valence-corrected chi connectivity index (χ3v) is 3.15. The minimum absolute atomic E-state index is 0.227. The fraction of sp³-hybridized carbons (Fsp3) is 0.0667. The number of hydrogen-bond acceptors (Lipinski definition) is 4. The Morgan fingerprint density at radius 2 is 2.10 bits per heavy atom. The molecule has 0 saturated heterocycles. The summed E-state index contributed by atoms with van der Waals surface area (Å²) in [5, 5.41) is 9.53. The first kappa shape index (κ1) is 13.1. The summed E-state index contributed by atoms with van der Waals surface area (Å²) < 4.78 is 19.0. The lowest BCUT2D eigenvalue weighted by atomic mass is 10.1. The molecule has 2 aromatic carbocycles. The molecule has 0 atom stereocenters. The van der Waals surface area contributed by atoms with Crippen molar-refractivity contribution in [2.75, 3.05) is 0 Å². The highest BCUT2D eigenvalue weighted by Gasteiger charge is 2.14. The Morgan fingerprint density at radius 1 is 1.33 bits per heavy atom. The van der Waals surface area contributed by atoms with E-state index in [1.165, 1.54) is 31.2 Å². The van der Waals surface area contributed by atoms with E-state index < -0.39 is 17.5 Å². The zero-order valence-corrected chi connectivity index (χ0v) is 11.1. The number of amides is 1. The number of nitrogens with two attached hydrogens (primary N) is 1. The summed E-state index contributed by atoms with van der Waals surface area (Å²) in [7, 11) is 0. The minimum atomic E-state index is -0.675. The van der Waals surface area contributed by atoms with Crippen LogP contribution >= 0.6 is 0 Å². The number of benzene rings is 2. The standard InChI is InChI=1S/C15H11FN2O3/c1-7-4-9(6-11(19)13(7)16)15-18-10-5-8(14(17)20)2-3-12(10)21-15/h2-6,19H,1H3,(H2,17,20). The second-order valence-electron chi connectivity index (χ2n) is 4.69. The van der Waals surface area contributed by atoms with Crippen LogP contribution in [0.5, 0.6) is 5.75 Å². The Kier molecular flexibility index (Phi) is 2.86. The average molecular weight is 286 g/mol. The molecule has 5 nitrogen and oxygen atoms in total. The lowest BCUT2D eigenvalue weighted by Crippen LogP contribution is -2.10. The maximum atomic E-state index is 13.4. The van der Waals surface area contributed by atoms with Crippen LogP contribution in [0.2, 0.25) is 0 Å². The molecule has 106 valence electrons. The number of halogens is 1. The van der Waals surface area contributed by atoms with Crippen LogP contribution in [0.15, 0.2) is 34.7 Å². The molecule has 0 aliphatic rings. The number of aromatic nitrogens is 1.